The molecule has 0 spiro atoms. The van der Waals surface area contributed by atoms with E-state index in [1.807, 2.05) is 30.3 Å². The number of fused-ring (bicyclic) bond motifs is 1. The van der Waals surface area contributed by atoms with Gasteiger partial charge in [0.25, 0.3) is 5.91 Å². The highest BCUT2D eigenvalue weighted by Crippen LogP contribution is 2.31. The van der Waals surface area contributed by atoms with Crippen LogP contribution in [0.3, 0.4) is 0 Å². The van der Waals surface area contributed by atoms with Crippen LogP contribution in [0.25, 0.3) is 0 Å². The number of rotatable bonds is 5. The molecular weight excluding hydrogens is 336 g/mol. The average Bonchev–Trinajstić information content (AvgIpc) is 2.60. The highest BCUT2D eigenvalue weighted by Gasteiger charge is 2.23. The third-order valence-corrected chi connectivity index (χ3v) is 4.28. The van der Waals surface area contributed by atoms with Crippen molar-refractivity contribution >= 4 is 24.0 Å². The monoisotopic (exact) mass is 358 g/mol. The van der Waals surface area contributed by atoms with Gasteiger partial charge in [0.05, 0.1) is 11.6 Å². The number of benzene rings is 2. The fourth-order valence-corrected chi connectivity index (χ4v) is 3.15. The molecule has 0 aliphatic heterocycles. The van der Waals surface area contributed by atoms with Crippen LogP contribution in [0.4, 0.5) is 5.69 Å². The number of halogens is 1. The number of ether oxygens (including phenoxy) is 1. The maximum absolute atomic E-state index is 12.7. The molecule has 132 valence electrons. The van der Waals surface area contributed by atoms with Gasteiger partial charge in [0.2, 0.25) is 0 Å². The number of carbonyl (C=O) groups excluding carboxylic acids is 1. The van der Waals surface area contributed by atoms with E-state index in [4.69, 9.17) is 10.5 Å². The molecule has 0 saturated heterocycles. The number of nitrogens with one attached hydrogen (secondary N) is 1. The Morgan fingerprint density at radius 1 is 1.32 bits per heavy atom. The lowest BCUT2D eigenvalue weighted by atomic mass is 9.87. The van der Waals surface area contributed by atoms with Gasteiger partial charge in [-0.05, 0) is 54.7 Å². The number of carbonyl (C=O) groups is 1. The first-order chi connectivity index (χ1) is 11.7. The van der Waals surface area contributed by atoms with Crippen molar-refractivity contribution in [3.63, 3.8) is 0 Å². The summed E-state index contributed by atoms with van der Waals surface area (Å²) in [5, 5.41) is 3.14. The maximum Gasteiger partial charge on any atom is 0.255 e. The van der Waals surface area contributed by atoms with Crippen LogP contribution >= 0.6 is 12.4 Å². The second-order valence-electron chi connectivity index (χ2n) is 5.97. The van der Waals surface area contributed by atoms with Gasteiger partial charge in [-0.15, -0.1) is 12.4 Å². The fourth-order valence-electron chi connectivity index (χ4n) is 3.15. The van der Waals surface area contributed by atoms with E-state index in [1.54, 1.807) is 18.2 Å². The normalized spacial score (nSPS) is 15.4. The fraction of sp³-hybridized carbons (Fsp3) is 0.250. The third kappa shape index (κ3) is 4.34. The molecule has 1 amide bonds. The Bertz CT molecular complexity index is 761. The van der Waals surface area contributed by atoms with Crippen LogP contribution in [-0.4, -0.2) is 12.5 Å². The second kappa shape index (κ2) is 8.58. The molecule has 0 heterocycles. The summed E-state index contributed by atoms with van der Waals surface area (Å²) in [7, 11) is 0. The van der Waals surface area contributed by atoms with Gasteiger partial charge in [-0.1, -0.05) is 30.9 Å². The van der Waals surface area contributed by atoms with Crippen molar-refractivity contribution in [3.05, 3.63) is 71.8 Å². The van der Waals surface area contributed by atoms with Crippen molar-refractivity contribution in [1.29, 1.82) is 0 Å². The molecule has 4 nitrogen and oxygen atoms in total. The topological polar surface area (TPSA) is 64.3 Å². The minimum absolute atomic E-state index is 0. The first-order valence-corrected chi connectivity index (χ1v) is 8.21. The highest BCUT2D eigenvalue weighted by atomic mass is 35.5. The number of nitrogen functional groups attached to an aromatic ring is 1. The summed E-state index contributed by atoms with van der Waals surface area (Å²) in [5.74, 6) is 0.451. The predicted molar refractivity (Wildman–Crippen MR) is 103 cm³/mol. The molecule has 1 aliphatic rings. The second-order valence-corrected chi connectivity index (χ2v) is 5.97. The first kappa shape index (κ1) is 18.9. The number of aryl methyl sites for hydroxylation is 1. The Kier molecular flexibility index (Phi) is 6.48. The molecule has 1 unspecified atom stereocenters. The molecule has 2 aromatic rings. The lowest BCUT2D eigenvalue weighted by Crippen LogP contribution is -2.31. The van der Waals surface area contributed by atoms with E-state index in [0.717, 1.165) is 30.5 Å². The Labute approximate surface area is 154 Å². The number of para-hydroxylation sites is 1. The summed E-state index contributed by atoms with van der Waals surface area (Å²) in [6.07, 6.45) is 4.64. The zero-order valence-corrected chi connectivity index (χ0v) is 14.9. The van der Waals surface area contributed by atoms with Crippen LogP contribution in [0.15, 0.2) is 55.1 Å². The summed E-state index contributed by atoms with van der Waals surface area (Å²) in [6.45, 7) is 4.01. The first-order valence-electron chi connectivity index (χ1n) is 8.21. The molecule has 0 aromatic heterocycles. The van der Waals surface area contributed by atoms with Crippen molar-refractivity contribution in [3.8, 4) is 5.75 Å². The summed E-state index contributed by atoms with van der Waals surface area (Å²) in [5.41, 5.74) is 9.57. The summed E-state index contributed by atoms with van der Waals surface area (Å²) in [6, 6.07) is 13.2. The molecule has 3 N–H and O–H groups in total. The van der Waals surface area contributed by atoms with Crippen molar-refractivity contribution < 1.29 is 9.53 Å². The van der Waals surface area contributed by atoms with Crippen LogP contribution in [0.2, 0.25) is 0 Å². The predicted octanol–water partition coefficient (Wildman–Crippen LogP) is 4.06. The van der Waals surface area contributed by atoms with Gasteiger partial charge in [-0.3, -0.25) is 4.79 Å². The zero-order chi connectivity index (χ0) is 16.9. The van der Waals surface area contributed by atoms with Gasteiger partial charge in [-0.2, -0.15) is 0 Å². The van der Waals surface area contributed by atoms with E-state index in [-0.39, 0.29) is 24.4 Å². The van der Waals surface area contributed by atoms with Gasteiger partial charge >= 0.3 is 0 Å². The van der Waals surface area contributed by atoms with Crippen molar-refractivity contribution in [2.24, 2.45) is 0 Å². The number of hydrogen-bond acceptors (Lipinski definition) is 3. The largest absolute Gasteiger partial charge is 0.489 e. The molecule has 3 rings (SSSR count). The minimum Gasteiger partial charge on any atom is -0.489 e. The lowest BCUT2D eigenvalue weighted by molar-refractivity contribution is 0.0929. The number of hydrogen-bond donors (Lipinski definition) is 2. The maximum atomic E-state index is 12.7. The minimum atomic E-state index is -0.121. The van der Waals surface area contributed by atoms with Gasteiger partial charge in [-0.25, -0.2) is 0 Å². The van der Waals surface area contributed by atoms with Crippen LogP contribution in [-0.2, 0) is 6.42 Å². The summed E-state index contributed by atoms with van der Waals surface area (Å²) in [4.78, 5) is 12.7. The zero-order valence-electron chi connectivity index (χ0n) is 14.0. The van der Waals surface area contributed by atoms with Crippen molar-refractivity contribution in [2.45, 2.75) is 25.3 Å². The van der Waals surface area contributed by atoms with E-state index in [0.29, 0.717) is 17.9 Å². The molecular formula is C20H23ClN2O2. The molecule has 0 radical (unpaired) electrons. The van der Waals surface area contributed by atoms with E-state index < -0.39 is 0 Å². The van der Waals surface area contributed by atoms with Gasteiger partial charge < -0.3 is 15.8 Å². The SMILES string of the molecule is C=CCOc1ccccc1C(=O)NC1CCCc2cc(N)ccc21.Cl. The van der Waals surface area contributed by atoms with Crippen LogP contribution < -0.4 is 15.8 Å². The molecule has 1 atom stereocenters. The van der Waals surface area contributed by atoms with Crippen molar-refractivity contribution in [1.82, 2.24) is 5.32 Å². The molecule has 0 saturated carbocycles. The average molecular weight is 359 g/mol. The lowest BCUT2D eigenvalue weighted by Gasteiger charge is -2.27. The van der Waals surface area contributed by atoms with Crippen molar-refractivity contribution in [2.75, 3.05) is 12.3 Å². The number of nitrogens with two attached hydrogens (primary N) is 1. The summed E-state index contributed by atoms with van der Waals surface area (Å²) >= 11 is 0. The van der Waals surface area contributed by atoms with Crippen LogP contribution in [0.5, 0.6) is 5.75 Å². The Morgan fingerprint density at radius 2 is 2.12 bits per heavy atom. The van der Waals surface area contributed by atoms with E-state index in [9.17, 15) is 4.79 Å². The van der Waals surface area contributed by atoms with Gasteiger partial charge in [0.15, 0.2) is 0 Å². The Balaban J connectivity index is 0.00000225. The number of amides is 1. The standard InChI is InChI=1S/C20H22N2O2.ClH/c1-2-12-24-19-9-4-3-7-17(19)20(23)22-18-8-5-6-14-13-15(21)10-11-16(14)18;/h2-4,7,9-11,13,18H,1,5-6,8,12,21H2,(H,22,23);1H. The quantitative estimate of drug-likeness (QED) is 0.625. The third-order valence-electron chi connectivity index (χ3n) is 4.28. The molecule has 1 aliphatic carbocycles. The molecule has 5 heteroatoms. The van der Waals surface area contributed by atoms with E-state index in [1.165, 1.54) is 5.56 Å². The molecule has 25 heavy (non-hydrogen) atoms. The molecule has 2 aromatic carbocycles. The smallest absolute Gasteiger partial charge is 0.255 e. The van der Waals surface area contributed by atoms with Gasteiger partial charge in [0, 0.05) is 5.69 Å². The summed E-state index contributed by atoms with van der Waals surface area (Å²) < 4.78 is 5.59. The Morgan fingerprint density at radius 3 is 2.92 bits per heavy atom. The van der Waals surface area contributed by atoms with E-state index >= 15 is 0 Å². The van der Waals surface area contributed by atoms with Gasteiger partial charge in [0.1, 0.15) is 12.4 Å². The van der Waals surface area contributed by atoms with E-state index in [2.05, 4.69) is 11.9 Å². The molecule has 0 bridgehead atoms. The Hall–Kier alpha value is -2.46. The highest BCUT2D eigenvalue weighted by molar-refractivity contribution is 5.97. The van der Waals surface area contributed by atoms with Crippen LogP contribution in [0.1, 0.15) is 40.4 Å². The number of anilines is 1. The molecule has 0 fully saturated rings. The van der Waals surface area contributed by atoms with Crippen LogP contribution in [0, 0.1) is 0 Å².